The number of halogens is 1. The van der Waals surface area contributed by atoms with E-state index >= 15 is 0 Å². The number of hydrogen-bond donors (Lipinski definition) is 2. The molecule has 1 saturated heterocycles. The molecule has 0 saturated carbocycles. The molecule has 6 heteroatoms. The van der Waals surface area contributed by atoms with Crippen molar-refractivity contribution < 1.29 is 9.59 Å². The number of piperidine rings is 1. The summed E-state index contributed by atoms with van der Waals surface area (Å²) in [5.74, 6) is 0.0391. The number of nitrogens with one attached hydrogen (secondary N) is 2. The highest BCUT2D eigenvalue weighted by Crippen LogP contribution is 2.26. The maximum Gasteiger partial charge on any atom is 0.246 e. The molecule has 0 bridgehead atoms. The lowest BCUT2D eigenvalue weighted by atomic mass is 9.97. The highest BCUT2D eigenvalue weighted by molar-refractivity contribution is 5.97. The summed E-state index contributed by atoms with van der Waals surface area (Å²) in [6.45, 7) is 2.59. The summed E-state index contributed by atoms with van der Waals surface area (Å²) in [6, 6.07) is 8.02. The van der Waals surface area contributed by atoms with E-state index in [1.165, 1.54) is 5.56 Å². The van der Waals surface area contributed by atoms with Crippen LogP contribution in [0.4, 0.5) is 5.69 Å². The zero-order chi connectivity index (χ0) is 15.4. The van der Waals surface area contributed by atoms with E-state index in [0.717, 1.165) is 51.0 Å². The second-order valence-electron chi connectivity index (χ2n) is 6.02. The van der Waals surface area contributed by atoms with Gasteiger partial charge in [0.25, 0.3) is 0 Å². The first kappa shape index (κ1) is 17.8. The molecule has 2 amide bonds. The first-order valence-corrected chi connectivity index (χ1v) is 8.12. The number of para-hydroxylation sites is 1. The molecule has 1 fully saturated rings. The molecule has 3 rings (SSSR count). The number of fused-ring (bicyclic) bond motifs is 1. The van der Waals surface area contributed by atoms with Crippen molar-refractivity contribution in [2.24, 2.45) is 5.92 Å². The van der Waals surface area contributed by atoms with Crippen molar-refractivity contribution in [3.8, 4) is 0 Å². The van der Waals surface area contributed by atoms with Crippen LogP contribution in [0, 0.1) is 5.92 Å². The Kier molecular flexibility index (Phi) is 6.42. The number of benzene rings is 1. The van der Waals surface area contributed by atoms with E-state index < -0.39 is 0 Å². The Morgan fingerprint density at radius 2 is 1.96 bits per heavy atom. The van der Waals surface area contributed by atoms with Gasteiger partial charge in [-0.1, -0.05) is 18.2 Å². The average Bonchev–Trinajstić information content (AvgIpc) is 2.59. The summed E-state index contributed by atoms with van der Waals surface area (Å²) in [6.07, 6.45) is 3.70. The molecule has 0 spiro atoms. The zero-order valence-electron chi connectivity index (χ0n) is 13.2. The molecule has 2 heterocycles. The van der Waals surface area contributed by atoms with Gasteiger partial charge in [0.2, 0.25) is 11.8 Å². The Morgan fingerprint density at radius 1 is 1.22 bits per heavy atom. The maximum atomic E-state index is 12.4. The van der Waals surface area contributed by atoms with Crippen LogP contribution in [0.3, 0.4) is 0 Å². The molecular weight excluding hydrogens is 314 g/mol. The summed E-state index contributed by atoms with van der Waals surface area (Å²) in [4.78, 5) is 26.4. The van der Waals surface area contributed by atoms with Crippen LogP contribution < -0.4 is 15.5 Å². The van der Waals surface area contributed by atoms with Gasteiger partial charge < -0.3 is 15.5 Å². The van der Waals surface area contributed by atoms with Gasteiger partial charge in [0, 0.05) is 18.2 Å². The van der Waals surface area contributed by atoms with E-state index in [2.05, 4.69) is 16.7 Å². The Balaban J connectivity index is 0.00000192. The Morgan fingerprint density at radius 3 is 2.74 bits per heavy atom. The normalized spacial score (nSPS) is 17.8. The SMILES string of the molecule is Cl.O=C(NCC(=O)N1CCCc2ccccc21)C1CCNCC1. The average molecular weight is 338 g/mol. The molecule has 2 aliphatic heterocycles. The van der Waals surface area contributed by atoms with Crippen molar-refractivity contribution >= 4 is 29.9 Å². The van der Waals surface area contributed by atoms with Crippen LogP contribution in [0.2, 0.25) is 0 Å². The number of carbonyl (C=O) groups excluding carboxylic acids is 2. The second-order valence-corrected chi connectivity index (χ2v) is 6.02. The van der Waals surface area contributed by atoms with E-state index in [9.17, 15) is 9.59 Å². The molecule has 1 aromatic carbocycles. The number of amides is 2. The molecule has 126 valence electrons. The van der Waals surface area contributed by atoms with Gasteiger partial charge in [-0.15, -0.1) is 12.4 Å². The van der Waals surface area contributed by atoms with E-state index in [4.69, 9.17) is 0 Å². The van der Waals surface area contributed by atoms with E-state index in [1.807, 2.05) is 23.1 Å². The van der Waals surface area contributed by atoms with Crippen LogP contribution >= 0.6 is 12.4 Å². The molecule has 23 heavy (non-hydrogen) atoms. The van der Waals surface area contributed by atoms with Crippen LogP contribution in [0.15, 0.2) is 24.3 Å². The van der Waals surface area contributed by atoms with Crippen molar-refractivity contribution in [3.63, 3.8) is 0 Å². The van der Waals surface area contributed by atoms with Crippen LogP contribution in [0.5, 0.6) is 0 Å². The predicted octanol–water partition coefficient (Wildman–Crippen LogP) is 1.50. The molecule has 5 nitrogen and oxygen atoms in total. The van der Waals surface area contributed by atoms with Crippen molar-refractivity contribution in [1.82, 2.24) is 10.6 Å². The summed E-state index contributed by atoms with van der Waals surface area (Å²) in [5, 5.41) is 6.06. The third kappa shape index (κ3) is 4.24. The van der Waals surface area contributed by atoms with Crippen molar-refractivity contribution in [2.45, 2.75) is 25.7 Å². The summed E-state index contributed by atoms with van der Waals surface area (Å²) in [5.41, 5.74) is 2.21. The Labute approximate surface area is 143 Å². The molecule has 0 unspecified atom stereocenters. The van der Waals surface area contributed by atoms with Crippen molar-refractivity contribution in [2.75, 3.05) is 31.1 Å². The minimum atomic E-state index is -0.0190. The number of hydrogen-bond acceptors (Lipinski definition) is 3. The fraction of sp³-hybridized carbons (Fsp3) is 0.529. The zero-order valence-corrected chi connectivity index (χ0v) is 14.0. The number of carbonyl (C=O) groups is 2. The minimum Gasteiger partial charge on any atom is -0.347 e. The molecule has 0 radical (unpaired) electrons. The quantitative estimate of drug-likeness (QED) is 0.878. The Bertz CT molecular complexity index is 559. The predicted molar refractivity (Wildman–Crippen MR) is 93.0 cm³/mol. The van der Waals surface area contributed by atoms with E-state index in [-0.39, 0.29) is 36.7 Å². The van der Waals surface area contributed by atoms with Gasteiger partial charge in [-0.05, 0) is 50.4 Å². The summed E-state index contributed by atoms with van der Waals surface area (Å²) in [7, 11) is 0. The topological polar surface area (TPSA) is 61.4 Å². The monoisotopic (exact) mass is 337 g/mol. The van der Waals surface area contributed by atoms with Gasteiger partial charge in [-0.2, -0.15) is 0 Å². The van der Waals surface area contributed by atoms with Crippen LogP contribution in [0.1, 0.15) is 24.8 Å². The van der Waals surface area contributed by atoms with Gasteiger partial charge in [0.15, 0.2) is 0 Å². The second kappa shape index (κ2) is 8.31. The van der Waals surface area contributed by atoms with E-state index in [0.29, 0.717) is 0 Å². The van der Waals surface area contributed by atoms with Crippen LogP contribution in [0.25, 0.3) is 0 Å². The summed E-state index contributed by atoms with van der Waals surface area (Å²) < 4.78 is 0. The fourth-order valence-corrected chi connectivity index (χ4v) is 3.28. The standard InChI is InChI=1S/C17H23N3O2.ClH/c21-16(12-19-17(22)14-7-9-18-10-8-14)20-11-3-5-13-4-1-2-6-15(13)20;/h1-2,4,6,14,18H,3,5,7-12H2,(H,19,22);1H. The lowest BCUT2D eigenvalue weighted by molar-refractivity contribution is -0.128. The Hall–Kier alpha value is -1.59. The first-order chi connectivity index (χ1) is 10.8. The lowest BCUT2D eigenvalue weighted by Crippen LogP contribution is -2.45. The summed E-state index contributed by atoms with van der Waals surface area (Å²) >= 11 is 0. The molecule has 0 aromatic heterocycles. The lowest BCUT2D eigenvalue weighted by Gasteiger charge is -2.30. The number of nitrogens with zero attached hydrogens (tertiary/aromatic N) is 1. The van der Waals surface area contributed by atoms with Gasteiger partial charge in [-0.3, -0.25) is 9.59 Å². The fourth-order valence-electron chi connectivity index (χ4n) is 3.28. The van der Waals surface area contributed by atoms with Gasteiger partial charge in [0.05, 0.1) is 6.54 Å². The molecule has 2 N–H and O–H groups in total. The van der Waals surface area contributed by atoms with E-state index in [1.54, 1.807) is 0 Å². The first-order valence-electron chi connectivity index (χ1n) is 8.12. The number of aryl methyl sites for hydroxylation is 1. The highest BCUT2D eigenvalue weighted by Gasteiger charge is 2.24. The van der Waals surface area contributed by atoms with Crippen LogP contribution in [-0.4, -0.2) is 38.0 Å². The molecule has 0 atom stereocenters. The molecule has 0 aliphatic carbocycles. The maximum absolute atomic E-state index is 12.4. The largest absolute Gasteiger partial charge is 0.347 e. The minimum absolute atomic E-state index is 0. The third-order valence-electron chi connectivity index (χ3n) is 4.54. The van der Waals surface area contributed by atoms with Gasteiger partial charge in [-0.25, -0.2) is 0 Å². The van der Waals surface area contributed by atoms with Crippen LogP contribution in [-0.2, 0) is 16.0 Å². The smallest absolute Gasteiger partial charge is 0.246 e. The number of rotatable bonds is 3. The molecular formula is C17H24ClN3O2. The van der Waals surface area contributed by atoms with Gasteiger partial charge >= 0.3 is 0 Å². The third-order valence-corrected chi connectivity index (χ3v) is 4.54. The number of anilines is 1. The van der Waals surface area contributed by atoms with Crippen molar-refractivity contribution in [3.05, 3.63) is 29.8 Å². The highest BCUT2D eigenvalue weighted by atomic mass is 35.5. The molecule has 2 aliphatic rings. The molecule has 1 aromatic rings. The van der Waals surface area contributed by atoms with Gasteiger partial charge in [0.1, 0.15) is 0 Å². The van der Waals surface area contributed by atoms with Crippen molar-refractivity contribution in [1.29, 1.82) is 0 Å².